The highest BCUT2D eigenvalue weighted by atomic mass is 16.5. The Morgan fingerprint density at radius 2 is 1.85 bits per heavy atom. The molecule has 3 heteroatoms. The number of para-hydroxylation sites is 1. The summed E-state index contributed by atoms with van der Waals surface area (Å²) in [4.78, 5) is 0. The van der Waals surface area contributed by atoms with E-state index >= 15 is 0 Å². The zero-order valence-electron chi connectivity index (χ0n) is 10.9. The summed E-state index contributed by atoms with van der Waals surface area (Å²) in [5, 5.41) is 12.1. The Hall–Kier alpha value is -2.75. The van der Waals surface area contributed by atoms with Crippen LogP contribution in [0.3, 0.4) is 0 Å². The van der Waals surface area contributed by atoms with Gasteiger partial charge < -0.3 is 4.74 Å². The van der Waals surface area contributed by atoms with Crippen LogP contribution in [-0.4, -0.2) is 6.54 Å². The van der Waals surface area contributed by atoms with Gasteiger partial charge in [-0.1, -0.05) is 36.3 Å². The van der Waals surface area contributed by atoms with Crippen molar-refractivity contribution < 1.29 is 4.74 Å². The van der Waals surface area contributed by atoms with Crippen molar-refractivity contribution in [3.05, 3.63) is 60.2 Å². The van der Waals surface area contributed by atoms with Crippen LogP contribution >= 0.6 is 0 Å². The Kier molecular flexibility index (Phi) is 4.78. The molecule has 0 heterocycles. The van der Waals surface area contributed by atoms with Gasteiger partial charge >= 0.3 is 0 Å². The van der Waals surface area contributed by atoms with Gasteiger partial charge in [0.05, 0.1) is 12.6 Å². The van der Waals surface area contributed by atoms with Crippen molar-refractivity contribution in [1.82, 2.24) is 5.32 Å². The van der Waals surface area contributed by atoms with E-state index < -0.39 is 6.04 Å². The maximum absolute atomic E-state index is 9.16. The van der Waals surface area contributed by atoms with Crippen molar-refractivity contribution in [2.24, 2.45) is 0 Å². The molecule has 98 valence electrons. The number of terminal acetylenes is 1. The first-order valence-corrected chi connectivity index (χ1v) is 6.23. The minimum atomic E-state index is -0.439. The standard InChI is InChI=1S/C17H14N2O/c1-2-11-19-17(13-18)14-7-6-10-16(12-14)20-15-8-4-3-5-9-15/h1,3-10,12,17,19H,11H2. The molecule has 1 N–H and O–H groups in total. The van der Waals surface area contributed by atoms with Crippen LogP contribution < -0.4 is 10.1 Å². The molecule has 3 nitrogen and oxygen atoms in total. The van der Waals surface area contributed by atoms with Crippen molar-refractivity contribution >= 4 is 0 Å². The minimum Gasteiger partial charge on any atom is -0.457 e. The van der Waals surface area contributed by atoms with Crippen LogP contribution in [0.5, 0.6) is 11.5 Å². The molecule has 0 aliphatic rings. The number of nitriles is 1. The predicted octanol–water partition coefficient (Wildman–Crippen LogP) is 3.27. The molecular weight excluding hydrogens is 248 g/mol. The van der Waals surface area contributed by atoms with Crippen LogP contribution in [-0.2, 0) is 0 Å². The summed E-state index contributed by atoms with van der Waals surface area (Å²) in [7, 11) is 0. The molecule has 0 saturated carbocycles. The molecule has 0 amide bonds. The number of benzene rings is 2. The van der Waals surface area contributed by atoms with Crippen molar-refractivity contribution in [3.8, 4) is 29.9 Å². The topological polar surface area (TPSA) is 45.0 Å². The van der Waals surface area contributed by atoms with E-state index in [2.05, 4.69) is 17.3 Å². The number of hydrogen-bond donors (Lipinski definition) is 1. The van der Waals surface area contributed by atoms with E-state index in [4.69, 9.17) is 16.4 Å². The first-order chi connectivity index (χ1) is 9.83. The highest BCUT2D eigenvalue weighted by molar-refractivity contribution is 5.36. The fourth-order valence-corrected chi connectivity index (χ4v) is 1.78. The quantitative estimate of drug-likeness (QED) is 0.841. The van der Waals surface area contributed by atoms with E-state index in [0.29, 0.717) is 12.3 Å². The maximum atomic E-state index is 9.16. The molecule has 0 spiro atoms. The second-order valence-electron chi connectivity index (χ2n) is 4.13. The summed E-state index contributed by atoms with van der Waals surface area (Å²) in [5.41, 5.74) is 0.830. The predicted molar refractivity (Wildman–Crippen MR) is 78.1 cm³/mol. The molecule has 0 aliphatic heterocycles. The third kappa shape index (κ3) is 3.62. The van der Waals surface area contributed by atoms with Crippen LogP contribution in [0, 0.1) is 23.7 Å². The molecule has 1 unspecified atom stereocenters. The fraction of sp³-hybridized carbons (Fsp3) is 0.118. The van der Waals surface area contributed by atoms with E-state index in [1.165, 1.54) is 0 Å². The SMILES string of the molecule is C#CCNC(C#N)c1cccc(Oc2ccccc2)c1. The lowest BCUT2D eigenvalue weighted by atomic mass is 10.1. The van der Waals surface area contributed by atoms with Gasteiger partial charge in [0.1, 0.15) is 17.5 Å². The maximum Gasteiger partial charge on any atom is 0.127 e. The zero-order chi connectivity index (χ0) is 14.2. The first-order valence-electron chi connectivity index (χ1n) is 6.23. The smallest absolute Gasteiger partial charge is 0.127 e. The number of hydrogen-bond acceptors (Lipinski definition) is 3. The highest BCUT2D eigenvalue weighted by Crippen LogP contribution is 2.24. The van der Waals surface area contributed by atoms with Gasteiger partial charge in [-0.25, -0.2) is 0 Å². The summed E-state index contributed by atoms with van der Waals surface area (Å²) in [5.74, 6) is 3.91. The third-order valence-corrected chi connectivity index (χ3v) is 2.71. The average Bonchev–Trinajstić information content (AvgIpc) is 2.49. The van der Waals surface area contributed by atoms with Crippen LogP contribution in [0.4, 0.5) is 0 Å². The van der Waals surface area contributed by atoms with E-state index in [1.54, 1.807) is 0 Å². The Morgan fingerprint density at radius 1 is 1.10 bits per heavy atom. The minimum absolute atomic E-state index is 0.349. The van der Waals surface area contributed by atoms with E-state index in [0.717, 1.165) is 11.3 Å². The van der Waals surface area contributed by atoms with Gasteiger partial charge in [-0.2, -0.15) is 5.26 Å². The molecule has 2 rings (SSSR count). The molecule has 20 heavy (non-hydrogen) atoms. The zero-order valence-corrected chi connectivity index (χ0v) is 10.9. The summed E-state index contributed by atoms with van der Waals surface area (Å²) in [6.07, 6.45) is 5.20. The van der Waals surface area contributed by atoms with E-state index in [9.17, 15) is 0 Å². The molecule has 0 aromatic heterocycles. The van der Waals surface area contributed by atoms with Crippen LogP contribution in [0.2, 0.25) is 0 Å². The highest BCUT2D eigenvalue weighted by Gasteiger charge is 2.10. The molecule has 0 saturated heterocycles. The van der Waals surface area contributed by atoms with Gasteiger partial charge in [-0.15, -0.1) is 6.42 Å². The molecule has 2 aromatic carbocycles. The van der Waals surface area contributed by atoms with Gasteiger partial charge in [-0.3, -0.25) is 5.32 Å². The number of rotatable bonds is 5. The van der Waals surface area contributed by atoms with Gasteiger partial charge in [0, 0.05) is 0 Å². The summed E-state index contributed by atoms with van der Waals surface area (Å²) in [6.45, 7) is 0.349. The molecule has 2 aromatic rings. The van der Waals surface area contributed by atoms with Crippen molar-refractivity contribution in [1.29, 1.82) is 5.26 Å². The largest absolute Gasteiger partial charge is 0.457 e. The van der Waals surface area contributed by atoms with Gasteiger partial charge in [0.2, 0.25) is 0 Å². The van der Waals surface area contributed by atoms with E-state index in [1.807, 2.05) is 54.6 Å². The van der Waals surface area contributed by atoms with Crippen molar-refractivity contribution in [3.63, 3.8) is 0 Å². The molecule has 1 atom stereocenters. The monoisotopic (exact) mass is 262 g/mol. The lowest BCUT2D eigenvalue weighted by molar-refractivity contribution is 0.481. The number of nitrogens with one attached hydrogen (secondary N) is 1. The number of ether oxygens (including phenoxy) is 1. The number of nitrogens with zero attached hydrogens (tertiary/aromatic N) is 1. The molecule has 0 bridgehead atoms. The Labute approximate surface area is 118 Å². The molecule has 0 aliphatic carbocycles. The average molecular weight is 262 g/mol. The molecular formula is C17H14N2O. The first kappa shape index (κ1) is 13.7. The van der Waals surface area contributed by atoms with Gasteiger partial charge in [0.15, 0.2) is 0 Å². The second kappa shape index (κ2) is 6.99. The fourth-order valence-electron chi connectivity index (χ4n) is 1.78. The Morgan fingerprint density at radius 3 is 2.55 bits per heavy atom. The van der Waals surface area contributed by atoms with E-state index in [-0.39, 0.29) is 0 Å². The summed E-state index contributed by atoms with van der Waals surface area (Å²) in [6, 6.07) is 18.7. The summed E-state index contributed by atoms with van der Waals surface area (Å²) < 4.78 is 5.74. The van der Waals surface area contributed by atoms with Gasteiger partial charge in [-0.05, 0) is 29.8 Å². The second-order valence-corrected chi connectivity index (χ2v) is 4.13. The van der Waals surface area contributed by atoms with Crippen LogP contribution in [0.15, 0.2) is 54.6 Å². The Balaban J connectivity index is 2.15. The lowest BCUT2D eigenvalue weighted by Crippen LogP contribution is -2.19. The molecule has 0 fully saturated rings. The van der Waals surface area contributed by atoms with Gasteiger partial charge in [0.25, 0.3) is 0 Å². The van der Waals surface area contributed by atoms with Crippen LogP contribution in [0.25, 0.3) is 0 Å². The van der Waals surface area contributed by atoms with Crippen LogP contribution in [0.1, 0.15) is 11.6 Å². The lowest BCUT2D eigenvalue weighted by Gasteiger charge is -2.12. The normalized spacial score (nSPS) is 11.1. The Bertz CT molecular complexity index is 638. The third-order valence-electron chi connectivity index (χ3n) is 2.71. The summed E-state index contributed by atoms with van der Waals surface area (Å²) >= 11 is 0. The van der Waals surface area contributed by atoms with Crippen molar-refractivity contribution in [2.45, 2.75) is 6.04 Å². The van der Waals surface area contributed by atoms with Crippen molar-refractivity contribution in [2.75, 3.05) is 6.54 Å². The molecule has 0 radical (unpaired) electrons.